The Bertz CT molecular complexity index is 517. The Kier molecular flexibility index (Phi) is 3.14. The smallest absolute Gasteiger partial charge is 0.146 e. The first kappa shape index (κ1) is 11.0. The molecule has 0 radical (unpaired) electrons. The van der Waals surface area contributed by atoms with Gasteiger partial charge in [0.05, 0.1) is 10.2 Å². The first-order chi connectivity index (χ1) is 7.66. The molecule has 0 saturated carbocycles. The van der Waals surface area contributed by atoms with E-state index in [1.807, 2.05) is 0 Å². The molecule has 2 aromatic rings. The molecule has 0 bridgehead atoms. The predicted octanol–water partition coefficient (Wildman–Crippen LogP) is 3.87. The average Bonchev–Trinajstić information content (AvgIpc) is 2.27. The molecule has 2 rings (SSSR count). The second kappa shape index (κ2) is 4.57. The highest BCUT2D eigenvalue weighted by Crippen LogP contribution is 2.24. The summed E-state index contributed by atoms with van der Waals surface area (Å²) in [5.41, 5.74) is 0.0550. The molecule has 0 unspecified atom stereocenters. The number of halogens is 3. The van der Waals surface area contributed by atoms with Crippen LogP contribution >= 0.6 is 15.9 Å². The molecule has 0 aliphatic heterocycles. The molecule has 1 heterocycles. The van der Waals surface area contributed by atoms with Crippen molar-refractivity contribution in [2.45, 2.75) is 0 Å². The van der Waals surface area contributed by atoms with Gasteiger partial charge in [0.15, 0.2) is 0 Å². The minimum Gasteiger partial charge on any atom is -0.337 e. The van der Waals surface area contributed by atoms with Crippen molar-refractivity contribution in [3.63, 3.8) is 0 Å². The van der Waals surface area contributed by atoms with Crippen molar-refractivity contribution in [2.24, 2.45) is 0 Å². The molecule has 1 aromatic carbocycles. The molecule has 0 spiro atoms. The van der Waals surface area contributed by atoms with Crippen LogP contribution in [0.25, 0.3) is 0 Å². The molecule has 82 valence electrons. The zero-order valence-electron chi connectivity index (χ0n) is 8.05. The van der Waals surface area contributed by atoms with Gasteiger partial charge in [-0.1, -0.05) is 0 Å². The molecular weight excluding hydrogens is 278 g/mol. The molecular formula is C11H7BrF2N2. The summed E-state index contributed by atoms with van der Waals surface area (Å²) in [6, 6.07) is 6.70. The van der Waals surface area contributed by atoms with Gasteiger partial charge in [0.25, 0.3) is 0 Å². The number of rotatable bonds is 2. The summed E-state index contributed by atoms with van der Waals surface area (Å²) < 4.78 is 26.9. The molecule has 0 fully saturated rings. The molecule has 16 heavy (non-hydrogen) atoms. The molecule has 0 amide bonds. The summed E-state index contributed by atoms with van der Waals surface area (Å²) in [7, 11) is 0. The molecule has 0 saturated heterocycles. The number of nitrogens with one attached hydrogen (secondary N) is 1. The summed E-state index contributed by atoms with van der Waals surface area (Å²) in [5.74, 6) is -0.595. The fourth-order valence-electron chi connectivity index (χ4n) is 1.20. The maximum Gasteiger partial charge on any atom is 0.146 e. The third-order valence-corrected chi connectivity index (χ3v) is 2.58. The summed E-state index contributed by atoms with van der Waals surface area (Å²) in [6.45, 7) is 0. The van der Waals surface area contributed by atoms with Crippen LogP contribution in [0.5, 0.6) is 0 Å². The quantitative estimate of drug-likeness (QED) is 0.906. The zero-order chi connectivity index (χ0) is 11.5. The van der Waals surface area contributed by atoms with E-state index in [4.69, 9.17) is 0 Å². The lowest BCUT2D eigenvalue weighted by atomic mass is 10.3. The van der Waals surface area contributed by atoms with E-state index >= 15 is 0 Å². The number of anilines is 2. The standard InChI is InChI=1S/C11H7BrF2N2/c12-8-2-1-5-15-11(8)16-10-6-7(13)3-4-9(10)14/h1-6H,(H,15,16). The van der Waals surface area contributed by atoms with Crippen LogP contribution in [-0.2, 0) is 0 Å². The average molecular weight is 285 g/mol. The molecule has 0 atom stereocenters. The summed E-state index contributed by atoms with van der Waals surface area (Å²) in [6.07, 6.45) is 1.56. The number of pyridine rings is 1. The first-order valence-electron chi connectivity index (χ1n) is 4.49. The predicted molar refractivity (Wildman–Crippen MR) is 61.6 cm³/mol. The van der Waals surface area contributed by atoms with Crippen LogP contribution in [0.15, 0.2) is 41.0 Å². The van der Waals surface area contributed by atoms with E-state index < -0.39 is 11.6 Å². The van der Waals surface area contributed by atoms with Gasteiger partial charge in [-0.2, -0.15) is 0 Å². The van der Waals surface area contributed by atoms with E-state index in [-0.39, 0.29) is 5.69 Å². The van der Waals surface area contributed by atoms with Crippen molar-refractivity contribution in [2.75, 3.05) is 5.32 Å². The summed E-state index contributed by atoms with van der Waals surface area (Å²) in [5, 5.41) is 2.71. The van der Waals surface area contributed by atoms with Crippen LogP contribution < -0.4 is 5.32 Å². The molecule has 1 N–H and O–H groups in total. The van der Waals surface area contributed by atoms with Crippen molar-refractivity contribution in [1.82, 2.24) is 4.98 Å². The van der Waals surface area contributed by atoms with Crippen molar-refractivity contribution in [3.05, 3.63) is 52.6 Å². The number of nitrogens with zero attached hydrogens (tertiary/aromatic N) is 1. The molecule has 0 aliphatic rings. The van der Waals surface area contributed by atoms with Crippen molar-refractivity contribution >= 4 is 27.4 Å². The minimum absolute atomic E-state index is 0.0550. The Balaban J connectivity index is 2.34. The second-order valence-corrected chi connectivity index (χ2v) is 3.94. The molecule has 2 nitrogen and oxygen atoms in total. The number of benzene rings is 1. The van der Waals surface area contributed by atoms with Gasteiger partial charge in [-0.25, -0.2) is 13.8 Å². The number of hydrogen-bond acceptors (Lipinski definition) is 2. The maximum absolute atomic E-state index is 13.3. The van der Waals surface area contributed by atoms with Gasteiger partial charge >= 0.3 is 0 Å². The topological polar surface area (TPSA) is 24.9 Å². The van der Waals surface area contributed by atoms with Crippen LogP contribution in [0.3, 0.4) is 0 Å². The van der Waals surface area contributed by atoms with E-state index in [9.17, 15) is 8.78 Å². The van der Waals surface area contributed by atoms with Gasteiger partial charge in [0.2, 0.25) is 0 Å². The molecule has 0 aliphatic carbocycles. The third-order valence-electron chi connectivity index (χ3n) is 1.94. The van der Waals surface area contributed by atoms with Crippen molar-refractivity contribution in [3.8, 4) is 0 Å². The number of aromatic nitrogens is 1. The highest BCUT2D eigenvalue weighted by molar-refractivity contribution is 9.10. The van der Waals surface area contributed by atoms with Crippen LogP contribution in [0, 0.1) is 11.6 Å². The molecule has 1 aromatic heterocycles. The Morgan fingerprint density at radius 3 is 2.75 bits per heavy atom. The van der Waals surface area contributed by atoms with Gasteiger partial charge in [-0.05, 0) is 40.2 Å². The van der Waals surface area contributed by atoms with E-state index in [1.54, 1.807) is 18.3 Å². The van der Waals surface area contributed by atoms with Crippen LogP contribution in [0.2, 0.25) is 0 Å². The van der Waals surface area contributed by atoms with Crippen LogP contribution in [-0.4, -0.2) is 4.98 Å². The van der Waals surface area contributed by atoms with Gasteiger partial charge in [-0.15, -0.1) is 0 Å². The third kappa shape index (κ3) is 2.36. The van der Waals surface area contributed by atoms with Crippen LogP contribution in [0.4, 0.5) is 20.3 Å². The largest absolute Gasteiger partial charge is 0.337 e. The fraction of sp³-hybridized carbons (Fsp3) is 0. The lowest BCUT2D eigenvalue weighted by molar-refractivity contribution is 0.603. The normalized spacial score (nSPS) is 10.2. The minimum atomic E-state index is -0.529. The van der Waals surface area contributed by atoms with Gasteiger partial charge in [0.1, 0.15) is 17.5 Å². The zero-order valence-corrected chi connectivity index (χ0v) is 9.63. The number of hydrogen-bond donors (Lipinski definition) is 1. The Morgan fingerprint density at radius 2 is 2.00 bits per heavy atom. The Hall–Kier alpha value is -1.49. The van der Waals surface area contributed by atoms with Gasteiger partial charge < -0.3 is 5.32 Å². The Morgan fingerprint density at radius 1 is 1.19 bits per heavy atom. The van der Waals surface area contributed by atoms with Crippen molar-refractivity contribution in [1.29, 1.82) is 0 Å². The molecule has 5 heteroatoms. The van der Waals surface area contributed by atoms with E-state index in [0.29, 0.717) is 10.3 Å². The maximum atomic E-state index is 13.3. The monoisotopic (exact) mass is 284 g/mol. The summed E-state index contributed by atoms with van der Waals surface area (Å²) in [4.78, 5) is 4.00. The van der Waals surface area contributed by atoms with E-state index in [2.05, 4.69) is 26.2 Å². The summed E-state index contributed by atoms with van der Waals surface area (Å²) >= 11 is 3.26. The van der Waals surface area contributed by atoms with Crippen LogP contribution in [0.1, 0.15) is 0 Å². The van der Waals surface area contributed by atoms with Crippen molar-refractivity contribution < 1.29 is 8.78 Å². The first-order valence-corrected chi connectivity index (χ1v) is 5.29. The second-order valence-electron chi connectivity index (χ2n) is 3.08. The van der Waals surface area contributed by atoms with E-state index in [0.717, 1.165) is 18.2 Å². The highest BCUT2D eigenvalue weighted by atomic mass is 79.9. The lowest BCUT2D eigenvalue weighted by Gasteiger charge is -2.07. The Labute approximate surface area is 99.5 Å². The van der Waals surface area contributed by atoms with Gasteiger partial charge in [0, 0.05) is 12.3 Å². The lowest BCUT2D eigenvalue weighted by Crippen LogP contribution is -1.97. The SMILES string of the molecule is Fc1ccc(F)c(Nc2ncccc2Br)c1. The van der Waals surface area contributed by atoms with E-state index in [1.165, 1.54) is 0 Å². The van der Waals surface area contributed by atoms with Gasteiger partial charge in [-0.3, -0.25) is 0 Å². The highest BCUT2D eigenvalue weighted by Gasteiger charge is 2.06. The fourth-order valence-corrected chi connectivity index (χ4v) is 1.55.